The van der Waals surface area contributed by atoms with E-state index in [-0.39, 0.29) is 6.42 Å². The zero-order valence-electron chi connectivity index (χ0n) is 7.63. The van der Waals surface area contributed by atoms with Crippen LogP contribution >= 0.6 is 0 Å². The van der Waals surface area contributed by atoms with Crippen LogP contribution in [0.2, 0.25) is 0 Å². The molecule has 0 spiro atoms. The minimum atomic E-state index is -1.23. The van der Waals surface area contributed by atoms with Crippen LogP contribution in [0.25, 0.3) is 0 Å². The highest BCUT2D eigenvalue weighted by Gasteiger charge is 2.21. The Morgan fingerprint density at radius 3 is 2.43 bits per heavy atom. The summed E-state index contributed by atoms with van der Waals surface area (Å²) in [5.41, 5.74) is 6.13. The molecule has 0 radical (unpaired) electrons. The molecule has 0 aliphatic heterocycles. The lowest BCUT2D eigenvalue weighted by Crippen LogP contribution is -2.42. The number of hydrogen-bond donors (Lipinski definition) is 3. The first-order chi connectivity index (χ1) is 6.61. The summed E-state index contributed by atoms with van der Waals surface area (Å²) in [6.07, 6.45) is -0.788. The van der Waals surface area contributed by atoms with Crippen molar-refractivity contribution in [1.29, 1.82) is 0 Å². The number of carboxylic acid groups (broad SMARTS) is 1. The van der Waals surface area contributed by atoms with Gasteiger partial charge in [-0.3, -0.25) is 4.79 Å². The number of aliphatic hydroxyl groups is 1. The number of aliphatic carboxylic acids is 1. The molecule has 0 saturated carbocycles. The van der Waals surface area contributed by atoms with Crippen molar-refractivity contribution in [3.63, 3.8) is 0 Å². The van der Waals surface area contributed by atoms with Crippen molar-refractivity contribution in [2.75, 3.05) is 0 Å². The van der Waals surface area contributed by atoms with Crippen molar-refractivity contribution in [1.82, 2.24) is 0 Å². The summed E-state index contributed by atoms with van der Waals surface area (Å²) in [5.74, 6) is -1.19. The molecule has 0 aliphatic rings. The first-order valence-corrected chi connectivity index (χ1v) is 4.31. The average molecular weight is 195 g/mol. The van der Waals surface area contributed by atoms with Crippen molar-refractivity contribution >= 4 is 5.97 Å². The third-order valence-corrected chi connectivity index (χ3v) is 1.99. The molecule has 1 rings (SSSR count). The Balaban J connectivity index is 2.57. The van der Waals surface area contributed by atoms with Crippen molar-refractivity contribution in [3.05, 3.63) is 35.9 Å². The van der Waals surface area contributed by atoms with Gasteiger partial charge in [0.05, 0.1) is 6.10 Å². The number of hydrogen-bond acceptors (Lipinski definition) is 3. The lowest BCUT2D eigenvalue weighted by molar-refractivity contribution is -0.141. The normalized spacial score (nSPS) is 14.7. The van der Waals surface area contributed by atoms with Crippen LogP contribution in [0.3, 0.4) is 0 Å². The molecule has 0 fully saturated rings. The van der Waals surface area contributed by atoms with Gasteiger partial charge in [0.15, 0.2) is 0 Å². The van der Waals surface area contributed by atoms with E-state index in [2.05, 4.69) is 0 Å². The number of carboxylic acids is 1. The first-order valence-electron chi connectivity index (χ1n) is 4.31. The van der Waals surface area contributed by atoms with Crippen LogP contribution in [-0.4, -0.2) is 28.3 Å². The molecule has 0 heterocycles. The Morgan fingerprint density at radius 1 is 1.36 bits per heavy atom. The van der Waals surface area contributed by atoms with Crippen LogP contribution in [0.5, 0.6) is 0 Å². The number of aliphatic hydroxyl groups excluding tert-OH is 1. The van der Waals surface area contributed by atoms with E-state index in [1.54, 1.807) is 0 Å². The Labute approximate surface area is 82.0 Å². The van der Waals surface area contributed by atoms with Gasteiger partial charge in [0.1, 0.15) is 6.04 Å². The molecule has 2 atom stereocenters. The van der Waals surface area contributed by atoms with Gasteiger partial charge in [-0.1, -0.05) is 30.3 Å². The standard InChI is InChI=1S/C10H13NO3/c11-9(10(13)14)8(12)6-7-4-2-1-3-5-7/h1-5,8-9,12H,6,11H2,(H,13,14)/t8-,9-/m0/s1. The zero-order valence-corrected chi connectivity index (χ0v) is 7.63. The van der Waals surface area contributed by atoms with E-state index in [4.69, 9.17) is 10.8 Å². The van der Waals surface area contributed by atoms with Crippen LogP contribution in [-0.2, 0) is 11.2 Å². The molecule has 0 amide bonds. The molecule has 1 aromatic rings. The maximum atomic E-state index is 10.4. The van der Waals surface area contributed by atoms with Gasteiger partial charge in [-0.25, -0.2) is 0 Å². The largest absolute Gasteiger partial charge is 0.480 e. The Hall–Kier alpha value is -1.39. The van der Waals surface area contributed by atoms with Crippen molar-refractivity contribution in [2.45, 2.75) is 18.6 Å². The molecule has 0 bridgehead atoms. The molecule has 4 N–H and O–H groups in total. The monoisotopic (exact) mass is 195 g/mol. The topological polar surface area (TPSA) is 83.6 Å². The fourth-order valence-corrected chi connectivity index (χ4v) is 1.15. The van der Waals surface area contributed by atoms with Gasteiger partial charge in [0, 0.05) is 6.42 Å². The highest BCUT2D eigenvalue weighted by Crippen LogP contribution is 2.04. The highest BCUT2D eigenvalue weighted by atomic mass is 16.4. The third kappa shape index (κ3) is 2.83. The third-order valence-electron chi connectivity index (χ3n) is 1.99. The van der Waals surface area contributed by atoms with Gasteiger partial charge in [-0.2, -0.15) is 0 Å². The predicted molar refractivity (Wildman–Crippen MR) is 51.8 cm³/mol. The van der Waals surface area contributed by atoms with Gasteiger partial charge < -0.3 is 15.9 Å². The quantitative estimate of drug-likeness (QED) is 0.631. The van der Waals surface area contributed by atoms with Gasteiger partial charge in [0.25, 0.3) is 0 Å². The molecule has 1 aromatic carbocycles. The van der Waals surface area contributed by atoms with E-state index in [1.807, 2.05) is 30.3 Å². The minimum absolute atomic E-state index is 0.258. The fourth-order valence-electron chi connectivity index (χ4n) is 1.15. The predicted octanol–water partition coefficient (Wildman–Crippen LogP) is 0.00190. The van der Waals surface area contributed by atoms with Crippen molar-refractivity contribution < 1.29 is 15.0 Å². The molecule has 4 heteroatoms. The molecular formula is C10H13NO3. The van der Waals surface area contributed by atoms with Gasteiger partial charge >= 0.3 is 5.97 Å². The summed E-state index contributed by atoms with van der Waals surface area (Å²) in [5, 5.41) is 18.0. The molecule has 4 nitrogen and oxygen atoms in total. The van der Waals surface area contributed by atoms with Crippen molar-refractivity contribution in [3.8, 4) is 0 Å². The molecule has 0 unspecified atom stereocenters. The summed E-state index contributed by atoms with van der Waals surface area (Å²) < 4.78 is 0. The number of benzene rings is 1. The second-order valence-electron chi connectivity index (χ2n) is 3.12. The average Bonchev–Trinajstić information content (AvgIpc) is 2.18. The molecule has 0 aromatic heterocycles. The van der Waals surface area contributed by atoms with E-state index >= 15 is 0 Å². The molecule has 76 valence electrons. The lowest BCUT2D eigenvalue weighted by atomic mass is 10.0. The van der Waals surface area contributed by atoms with E-state index in [1.165, 1.54) is 0 Å². The summed E-state index contributed by atoms with van der Waals surface area (Å²) in [7, 11) is 0. The van der Waals surface area contributed by atoms with E-state index in [9.17, 15) is 9.90 Å². The second-order valence-corrected chi connectivity index (χ2v) is 3.12. The highest BCUT2D eigenvalue weighted by molar-refractivity contribution is 5.73. The van der Waals surface area contributed by atoms with Crippen LogP contribution in [0, 0.1) is 0 Å². The van der Waals surface area contributed by atoms with E-state index in [0.717, 1.165) is 5.56 Å². The second kappa shape index (κ2) is 4.74. The summed E-state index contributed by atoms with van der Waals surface area (Å²) >= 11 is 0. The van der Waals surface area contributed by atoms with Crippen LogP contribution in [0.15, 0.2) is 30.3 Å². The first kappa shape index (κ1) is 10.7. The van der Waals surface area contributed by atoms with Crippen LogP contribution in [0.1, 0.15) is 5.56 Å². The SMILES string of the molecule is N[C@H](C(=O)O)[C@@H](O)Cc1ccccc1. The van der Waals surface area contributed by atoms with Gasteiger partial charge in [-0.15, -0.1) is 0 Å². The number of nitrogens with two attached hydrogens (primary N) is 1. The number of rotatable bonds is 4. The smallest absolute Gasteiger partial charge is 0.323 e. The zero-order chi connectivity index (χ0) is 10.6. The minimum Gasteiger partial charge on any atom is -0.480 e. The lowest BCUT2D eigenvalue weighted by Gasteiger charge is -2.14. The fraction of sp³-hybridized carbons (Fsp3) is 0.300. The molecule has 0 aliphatic carbocycles. The van der Waals surface area contributed by atoms with E-state index in [0.29, 0.717) is 0 Å². The molecule has 14 heavy (non-hydrogen) atoms. The Morgan fingerprint density at radius 2 is 1.93 bits per heavy atom. The van der Waals surface area contributed by atoms with Gasteiger partial charge in [-0.05, 0) is 5.56 Å². The number of carbonyl (C=O) groups is 1. The Bertz CT molecular complexity index is 299. The van der Waals surface area contributed by atoms with Crippen LogP contribution in [0.4, 0.5) is 0 Å². The molecular weight excluding hydrogens is 182 g/mol. The Kier molecular flexibility index (Phi) is 3.62. The molecule has 0 saturated heterocycles. The summed E-state index contributed by atoms with van der Waals surface area (Å²) in [6.45, 7) is 0. The summed E-state index contributed by atoms with van der Waals surface area (Å²) in [4.78, 5) is 10.4. The summed E-state index contributed by atoms with van der Waals surface area (Å²) in [6, 6.07) is 7.92. The van der Waals surface area contributed by atoms with Crippen LogP contribution < -0.4 is 5.73 Å². The maximum Gasteiger partial charge on any atom is 0.323 e. The maximum absolute atomic E-state index is 10.4. The van der Waals surface area contributed by atoms with E-state index < -0.39 is 18.1 Å². The van der Waals surface area contributed by atoms with Gasteiger partial charge in [0.2, 0.25) is 0 Å². The van der Waals surface area contributed by atoms with Crippen molar-refractivity contribution in [2.24, 2.45) is 5.73 Å².